The lowest BCUT2D eigenvalue weighted by Gasteiger charge is -1.92. The second-order valence-electron chi connectivity index (χ2n) is 1.09. The van der Waals surface area contributed by atoms with Gasteiger partial charge >= 0.3 is 24.3 Å². The molecule has 0 fully saturated rings. The summed E-state index contributed by atoms with van der Waals surface area (Å²) in [7, 11) is -11.9. The molecule has 0 saturated heterocycles. The highest BCUT2D eigenvalue weighted by atomic mass is 31.3. The number of phosphoric acid groups is 1. The van der Waals surface area contributed by atoms with Crippen molar-refractivity contribution in [1.82, 2.24) is 6.15 Å². The maximum atomic E-state index is 10.2. The molecule has 0 rings (SSSR count). The van der Waals surface area contributed by atoms with E-state index < -0.39 is 24.3 Å². The molecule has 0 aliphatic carbocycles. The Kier molecular flexibility index (Phi) is 11.0. The van der Waals surface area contributed by atoms with Crippen LogP contribution in [0.3, 0.4) is 0 Å². The maximum Gasteiger partial charge on any atom is 0.705 e. The van der Waals surface area contributed by atoms with Gasteiger partial charge in [0, 0.05) is 8.88 Å². The third-order valence-corrected chi connectivity index (χ3v) is 3.09. The van der Waals surface area contributed by atoms with Gasteiger partial charge in [-0.3, -0.25) is 4.89 Å². The van der Waals surface area contributed by atoms with Crippen LogP contribution in [0.2, 0.25) is 0 Å². The van der Waals surface area contributed by atoms with E-state index in [0.717, 1.165) is 0 Å². The Labute approximate surface area is 75.8 Å². The topological polar surface area (TPSA) is 170 Å². The van der Waals surface area contributed by atoms with Crippen molar-refractivity contribution < 1.29 is 37.0 Å². The van der Waals surface area contributed by atoms with Crippen molar-refractivity contribution >= 4 is 24.3 Å². The summed E-state index contributed by atoms with van der Waals surface area (Å²) in [6.45, 7) is 0. The fourth-order valence-electron chi connectivity index (χ4n) is 0.187. The first-order chi connectivity index (χ1) is 4.83. The van der Waals surface area contributed by atoms with E-state index in [-0.39, 0.29) is 13.6 Å². The SMILES string of the molecule is C.O=[P+]([O-])OP(=O)(O)O[P+](=O)O.[NH4+]. The van der Waals surface area contributed by atoms with Crippen LogP contribution in [0.1, 0.15) is 7.43 Å². The fraction of sp³-hybridized carbons (Fsp3) is 1.00. The van der Waals surface area contributed by atoms with Crippen molar-refractivity contribution in [3.8, 4) is 0 Å². The van der Waals surface area contributed by atoms with E-state index in [1.807, 2.05) is 0 Å². The summed E-state index contributed by atoms with van der Waals surface area (Å²) in [5.74, 6) is 0. The molecular formula is CH10NO8P3+2. The van der Waals surface area contributed by atoms with Crippen molar-refractivity contribution in [2.75, 3.05) is 0 Å². The van der Waals surface area contributed by atoms with Crippen molar-refractivity contribution in [3.05, 3.63) is 0 Å². The molecule has 0 radical (unpaired) electrons. The molecule has 6 N–H and O–H groups in total. The summed E-state index contributed by atoms with van der Waals surface area (Å²) in [6.07, 6.45) is 0. The van der Waals surface area contributed by atoms with Crippen LogP contribution in [0.25, 0.3) is 0 Å². The summed E-state index contributed by atoms with van der Waals surface area (Å²) in [5, 5.41) is 0. The predicted octanol–water partition coefficient (Wildman–Crippen LogP) is 0.800. The van der Waals surface area contributed by atoms with Gasteiger partial charge in [0.05, 0.1) is 0 Å². The smallest absolute Gasteiger partial charge is 0.566 e. The standard InChI is InChI=1S/CH4.H3N.HO8P3/c;;1-9(2)7-11(5,6)8-10(3)4/h1H4;1H3;(H-,1,2,5,6)/p+2. The first kappa shape index (κ1) is 18.9. The first-order valence-corrected chi connectivity index (χ1v) is 5.58. The molecule has 0 aromatic carbocycles. The number of quaternary nitrogens is 1. The zero-order valence-corrected chi connectivity index (χ0v) is 8.37. The van der Waals surface area contributed by atoms with Crippen LogP contribution in [0, 0.1) is 0 Å². The van der Waals surface area contributed by atoms with Crippen LogP contribution < -0.4 is 11.0 Å². The lowest BCUT2D eigenvalue weighted by molar-refractivity contribution is -0.179. The minimum atomic E-state index is -4.93. The van der Waals surface area contributed by atoms with Crippen molar-refractivity contribution in [2.24, 2.45) is 0 Å². The van der Waals surface area contributed by atoms with Crippen LogP contribution in [0.5, 0.6) is 0 Å². The van der Waals surface area contributed by atoms with E-state index in [1.54, 1.807) is 0 Å². The van der Waals surface area contributed by atoms with E-state index in [0.29, 0.717) is 0 Å². The summed E-state index contributed by atoms with van der Waals surface area (Å²) in [4.78, 5) is 25.7. The Morgan fingerprint density at radius 2 is 1.69 bits per heavy atom. The molecule has 0 aliphatic heterocycles. The quantitative estimate of drug-likeness (QED) is 0.620. The van der Waals surface area contributed by atoms with Gasteiger partial charge in [-0.15, -0.1) is 4.89 Å². The molecule has 0 aromatic rings. The summed E-state index contributed by atoms with van der Waals surface area (Å²) >= 11 is 0. The Balaban J connectivity index is -0.000000500. The van der Waals surface area contributed by atoms with Crippen molar-refractivity contribution in [3.63, 3.8) is 0 Å². The van der Waals surface area contributed by atoms with Gasteiger partial charge in [0.1, 0.15) is 0 Å². The van der Waals surface area contributed by atoms with Gasteiger partial charge in [-0.05, 0) is 8.88 Å². The number of hydrogen-bond donors (Lipinski definition) is 3. The normalized spacial score (nSPS) is 15.9. The molecule has 80 valence electrons. The molecule has 12 heteroatoms. The highest BCUT2D eigenvalue weighted by Gasteiger charge is 2.40. The average Bonchev–Trinajstić information content (AvgIpc) is 1.53. The molecule has 0 heterocycles. The second kappa shape index (κ2) is 7.58. The monoisotopic (exact) mass is 257 g/mol. The summed E-state index contributed by atoms with van der Waals surface area (Å²) < 4.78 is 36.1. The molecule has 0 bridgehead atoms. The van der Waals surface area contributed by atoms with Crippen LogP contribution in [-0.4, -0.2) is 9.79 Å². The van der Waals surface area contributed by atoms with E-state index in [9.17, 15) is 18.6 Å². The third-order valence-electron chi connectivity index (χ3n) is 0.343. The minimum Gasteiger partial charge on any atom is -0.566 e. The Bertz CT molecular complexity index is 205. The molecule has 3 unspecified atom stereocenters. The van der Waals surface area contributed by atoms with Crippen LogP contribution in [0.15, 0.2) is 0 Å². The Morgan fingerprint density at radius 3 is 1.92 bits per heavy atom. The molecule has 13 heavy (non-hydrogen) atoms. The molecular weight excluding hydrogens is 247 g/mol. The highest BCUT2D eigenvalue weighted by Crippen LogP contribution is 2.54. The highest BCUT2D eigenvalue weighted by molar-refractivity contribution is 7.60. The lowest BCUT2D eigenvalue weighted by Crippen LogP contribution is -1.90. The molecule has 3 atom stereocenters. The van der Waals surface area contributed by atoms with E-state index in [1.165, 1.54) is 0 Å². The number of rotatable bonds is 4. The Morgan fingerprint density at radius 1 is 1.31 bits per heavy atom. The predicted molar refractivity (Wildman–Crippen MR) is 42.1 cm³/mol. The van der Waals surface area contributed by atoms with Crippen molar-refractivity contribution in [2.45, 2.75) is 7.43 Å². The van der Waals surface area contributed by atoms with Gasteiger partial charge in [0.2, 0.25) is 0 Å². The lowest BCUT2D eigenvalue weighted by atomic mass is 12.0. The van der Waals surface area contributed by atoms with Gasteiger partial charge in [0.15, 0.2) is 0 Å². The Hall–Kier alpha value is 0.190. The van der Waals surface area contributed by atoms with Gasteiger partial charge in [0.25, 0.3) is 0 Å². The van der Waals surface area contributed by atoms with E-state index in [2.05, 4.69) is 8.62 Å². The zero-order chi connectivity index (χ0) is 9.07. The maximum absolute atomic E-state index is 10.2. The van der Waals surface area contributed by atoms with Gasteiger partial charge in [-0.2, -0.15) is 0 Å². The van der Waals surface area contributed by atoms with Crippen LogP contribution in [-0.2, 0) is 22.3 Å². The van der Waals surface area contributed by atoms with Crippen LogP contribution >= 0.6 is 24.3 Å². The van der Waals surface area contributed by atoms with Gasteiger partial charge in [-0.1, -0.05) is 7.43 Å². The largest absolute Gasteiger partial charge is 0.705 e. The van der Waals surface area contributed by atoms with E-state index in [4.69, 9.17) is 9.79 Å². The molecule has 0 saturated carbocycles. The van der Waals surface area contributed by atoms with Crippen molar-refractivity contribution in [1.29, 1.82) is 0 Å². The second-order valence-corrected chi connectivity index (χ2v) is 4.26. The molecule has 0 aliphatic rings. The third kappa shape index (κ3) is 12.2. The molecule has 0 amide bonds. The van der Waals surface area contributed by atoms with Gasteiger partial charge in [-0.25, -0.2) is 4.57 Å². The minimum absolute atomic E-state index is 0. The summed E-state index contributed by atoms with van der Waals surface area (Å²) in [6, 6.07) is 0. The number of hydrogen-bond acceptors (Lipinski definition) is 6. The fourth-order valence-corrected chi connectivity index (χ4v) is 1.96. The van der Waals surface area contributed by atoms with Crippen LogP contribution in [0.4, 0.5) is 0 Å². The summed E-state index contributed by atoms with van der Waals surface area (Å²) in [5.41, 5.74) is 0. The molecule has 0 spiro atoms. The average molecular weight is 257 g/mol. The molecule has 9 nitrogen and oxygen atoms in total. The van der Waals surface area contributed by atoms with E-state index >= 15 is 0 Å². The first-order valence-electron chi connectivity index (χ1n) is 1.86. The zero-order valence-electron chi connectivity index (χ0n) is 5.69. The van der Waals surface area contributed by atoms with Gasteiger partial charge < -0.3 is 11.0 Å². The molecule has 0 aromatic heterocycles.